The highest BCUT2D eigenvalue weighted by molar-refractivity contribution is 6.00. The first-order valence-corrected chi connectivity index (χ1v) is 4.23. The van der Waals surface area contributed by atoms with Crippen molar-refractivity contribution in [2.75, 3.05) is 0 Å². The van der Waals surface area contributed by atoms with Gasteiger partial charge in [0, 0.05) is 5.56 Å². The lowest BCUT2D eigenvalue weighted by Gasteiger charge is -2.04. The molecule has 0 bridgehead atoms. The SMILES string of the molecule is CC(=O)C(C#N)C(=O)OCc1ccoc1. The third kappa shape index (κ3) is 2.95. The second-order valence-corrected chi connectivity index (χ2v) is 2.91. The van der Waals surface area contributed by atoms with Gasteiger partial charge in [-0.1, -0.05) is 0 Å². The van der Waals surface area contributed by atoms with E-state index in [-0.39, 0.29) is 6.61 Å². The van der Waals surface area contributed by atoms with E-state index in [4.69, 9.17) is 14.4 Å². The Bertz CT molecular complexity index is 388. The van der Waals surface area contributed by atoms with Gasteiger partial charge in [-0.2, -0.15) is 5.26 Å². The minimum atomic E-state index is -1.34. The molecule has 1 rings (SSSR count). The number of ketones is 1. The summed E-state index contributed by atoms with van der Waals surface area (Å²) >= 11 is 0. The fourth-order valence-corrected chi connectivity index (χ4v) is 0.922. The highest BCUT2D eigenvalue weighted by Crippen LogP contribution is 2.06. The van der Waals surface area contributed by atoms with Crippen LogP contribution in [0.3, 0.4) is 0 Å². The van der Waals surface area contributed by atoms with Gasteiger partial charge in [0.05, 0.1) is 18.6 Å². The Morgan fingerprint density at radius 2 is 2.40 bits per heavy atom. The molecule has 0 saturated heterocycles. The molecule has 1 aromatic heterocycles. The first-order valence-electron chi connectivity index (χ1n) is 4.23. The van der Waals surface area contributed by atoms with Crippen LogP contribution in [0.2, 0.25) is 0 Å². The highest BCUT2D eigenvalue weighted by Gasteiger charge is 2.24. The van der Waals surface area contributed by atoms with Gasteiger partial charge in [0.1, 0.15) is 6.61 Å². The maximum absolute atomic E-state index is 11.2. The average molecular weight is 207 g/mol. The summed E-state index contributed by atoms with van der Waals surface area (Å²) in [5, 5.41) is 8.53. The number of Topliss-reactive ketones (excluding diaryl/α,β-unsaturated/α-hetero) is 1. The summed E-state index contributed by atoms with van der Waals surface area (Å²) in [6, 6.07) is 3.21. The van der Waals surface area contributed by atoms with Crippen LogP contribution in [0.4, 0.5) is 0 Å². The van der Waals surface area contributed by atoms with Crippen LogP contribution in [0.5, 0.6) is 0 Å². The van der Waals surface area contributed by atoms with Gasteiger partial charge >= 0.3 is 5.97 Å². The molecule has 78 valence electrons. The molecule has 1 aromatic rings. The first kappa shape index (κ1) is 11.0. The number of carbonyl (C=O) groups is 2. The molecule has 0 aliphatic carbocycles. The summed E-state index contributed by atoms with van der Waals surface area (Å²) in [7, 11) is 0. The molecule has 0 aliphatic heterocycles. The Balaban J connectivity index is 2.49. The Hall–Kier alpha value is -2.09. The van der Waals surface area contributed by atoms with E-state index in [1.165, 1.54) is 19.5 Å². The van der Waals surface area contributed by atoms with Crippen LogP contribution >= 0.6 is 0 Å². The van der Waals surface area contributed by atoms with Crippen molar-refractivity contribution in [3.8, 4) is 6.07 Å². The zero-order chi connectivity index (χ0) is 11.3. The predicted octanol–water partition coefficient (Wildman–Crippen LogP) is 1.05. The average Bonchev–Trinajstić information content (AvgIpc) is 2.67. The lowest BCUT2D eigenvalue weighted by Crippen LogP contribution is -2.22. The van der Waals surface area contributed by atoms with Crippen LogP contribution in [0, 0.1) is 17.2 Å². The lowest BCUT2D eigenvalue weighted by molar-refractivity contribution is -0.150. The van der Waals surface area contributed by atoms with Gasteiger partial charge in [-0.3, -0.25) is 9.59 Å². The minimum Gasteiger partial charge on any atom is -0.472 e. The van der Waals surface area contributed by atoms with Gasteiger partial charge < -0.3 is 9.15 Å². The first-order chi connectivity index (χ1) is 7.15. The quantitative estimate of drug-likeness (QED) is 0.544. The van der Waals surface area contributed by atoms with E-state index < -0.39 is 17.7 Å². The van der Waals surface area contributed by atoms with E-state index in [0.717, 1.165) is 0 Å². The van der Waals surface area contributed by atoms with Crippen LogP contribution < -0.4 is 0 Å². The van der Waals surface area contributed by atoms with Crippen LogP contribution in [-0.4, -0.2) is 11.8 Å². The van der Waals surface area contributed by atoms with Crippen molar-refractivity contribution in [1.29, 1.82) is 5.26 Å². The fraction of sp³-hybridized carbons (Fsp3) is 0.300. The summed E-state index contributed by atoms with van der Waals surface area (Å²) in [5.41, 5.74) is 0.670. The number of nitrogens with zero attached hydrogens (tertiary/aromatic N) is 1. The van der Waals surface area contributed by atoms with Crippen LogP contribution in [-0.2, 0) is 20.9 Å². The second-order valence-electron chi connectivity index (χ2n) is 2.91. The molecule has 15 heavy (non-hydrogen) atoms. The monoisotopic (exact) mass is 207 g/mol. The second kappa shape index (κ2) is 4.96. The number of hydrogen-bond donors (Lipinski definition) is 0. The molecule has 0 fully saturated rings. The highest BCUT2D eigenvalue weighted by atomic mass is 16.5. The number of ether oxygens (including phenoxy) is 1. The standard InChI is InChI=1S/C10H9NO4/c1-7(12)9(4-11)10(13)15-6-8-2-3-14-5-8/h2-3,5,9H,6H2,1H3. The van der Waals surface area contributed by atoms with Gasteiger partial charge in [0.15, 0.2) is 5.78 Å². The molecular weight excluding hydrogens is 198 g/mol. The molecule has 0 N–H and O–H groups in total. The topological polar surface area (TPSA) is 80.3 Å². The molecule has 1 unspecified atom stereocenters. The third-order valence-electron chi connectivity index (χ3n) is 1.73. The van der Waals surface area contributed by atoms with E-state index >= 15 is 0 Å². The molecular formula is C10H9NO4. The van der Waals surface area contributed by atoms with E-state index in [9.17, 15) is 9.59 Å². The maximum atomic E-state index is 11.2. The summed E-state index contributed by atoms with van der Waals surface area (Å²) in [6.07, 6.45) is 2.86. The number of nitriles is 1. The van der Waals surface area contributed by atoms with E-state index in [0.29, 0.717) is 5.56 Å². The third-order valence-corrected chi connectivity index (χ3v) is 1.73. The molecule has 0 aliphatic rings. The van der Waals surface area contributed by atoms with Crippen molar-refractivity contribution < 1.29 is 18.7 Å². The van der Waals surface area contributed by atoms with Gasteiger partial charge in [0.25, 0.3) is 0 Å². The van der Waals surface area contributed by atoms with Crippen molar-refractivity contribution in [2.24, 2.45) is 5.92 Å². The minimum absolute atomic E-state index is 0.000787. The van der Waals surface area contributed by atoms with Crippen molar-refractivity contribution in [3.05, 3.63) is 24.2 Å². The van der Waals surface area contributed by atoms with Crippen molar-refractivity contribution in [2.45, 2.75) is 13.5 Å². The van der Waals surface area contributed by atoms with Crippen molar-refractivity contribution >= 4 is 11.8 Å². The lowest BCUT2D eigenvalue weighted by atomic mass is 10.1. The van der Waals surface area contributed by atoms with Gasteiger partial charge in [0.2, 0.25) is 5.92 Å². The number of rotatable bonds is 4. The molecule has 1 heterocycles. The van der Waals surface area contributed by atoms with Crippen LogP contribution in [0.1, 0.15) is 12.5 Å². The van der Waals surface area contributed by atoms with E-state index in [2.05, 4.69) is 0 Å². The fourth-order valence-electron chi connectivity index (χ4n) is 0.922. The predicted molar refractivity (Wildman–Crippen MR) is 48.3 cm³/mol. The number of carbonyl (C=O) groups excluding carboxylic acids is 2. The summed E-state index contributed by atoms with van der Waals surface area (Å²) in [6.45, 7) is 1.17. The smallest absolute Gasteiger partial charge is 0.331 e. The number of hydrogen-bond acceptors (Lipinski definition) is 5. The Labute approximate surface area is 86.2 Å². The molecule has 5 nitrogen and oxygen atoms in total. The largest absolute Gasteiger partial charge is 0.472 e. The molecule has 5 heteroatoms. The maximum Gasteiger partial charge on any atom is 0.331 e. The number of esters is 1. The van der Waals surface area contributed by atoms with E-state index in [1.54, 1.807) is 12.1 Å². The summed E-state index contributed by atoms with van der Waals surface area (Å²) in [4.78, 5) is 22.1. The molecule has 0 radical (unpaired) electrons. The van der Waals surface area contributed by atoms with Crippen molar-refractivity contribution in [3.63, 3.8) is 0 Å². The van der Waals surface area contributed by atoms with Crippen LogP contribution in [0.25, 0.3) is 0 Å². The van der Waals surface area contributed by atoms with Crippen molar-refractivity contribution in [1.82, 2.24) is 0 Å². The molecule has 0 spiro atoms. The molecule has 0 aromatic carbocycles. The Kier molecular flexibility index (Phi) is 3.63. The Morgan fingerprint density at radius 1 is 1.67 bits per heavy atom. The normalized spacial score (nSPS) is 11.5. The molecule has 1 atom stereocenters. The summed E-state index contributed by atoms with van der Waals surface area (Å²) < 4.78 is 9.52. The Morgan fingerprint density at radius 3 is 2.87 bits per heavy atom. The summed E-state index contributed by atoms with van der Waals surface area (Å²) in [5.74, 6) is -2.68. The zero-order valence-corrected chi connectivity index (χ0v) is 8.10. The van der Waals surface area contributed by atoms with E-state index in [1.807, 2.05) is 0 Å². The van der Waals surface area contributed by atoms with Gasteiger partial charge in [-0.05, 0) is 13.0 Å². The molecule has 0 amide bonds. The molecule has 0 saturated carbocycles. The zero-order valence-electron chi connectivity index (χ0n) is 8.10. The van der Waals surface area contributed by atoms with Crippen LogP contribution in [0.15, 0.2) is 23.0 Å². The van der Waals surface area contributed by atoms with Gasteiger partial charge in [-0.25, -0.2) is 0 Å². The van der Waals surface area contributed by atoms with Gasteiger partial charge in [-0.15, -0.1) is 0 Å². The number of furan rings is 1.